The van der Waals surface area contributed by atoms with Crippen LogP contribution >= 0.6 is 27.5 Å². The van der Waals surface area contributed by atoms with Gasteiger partial charge in [0.15, 0.2) is 6.61 Å². The van der Waals surface area contributed by atoms with Gasteiger partial charge < -0.3 is 4.74 Å². The molecule has 0 radical (unpaired) electrons. The van der Waals surface area contributed by atoms with Gasteiger partial charge in [-0.2, -0.15) is 15.0 Å². The van der Waals surface area contributed by atoms with Crippen LogP contribution < -0.4 is 10.3 Å². The molecule has 1 heterocycles. The third-order valence-electron chi connectivity index (χ3n) is 4.33. The fourth-order valence-electron chi connectivity index (χ4n) is 2.92. The van der Waals surface area contributed by atoms with E-state index in [4.69, 9.17) is 21.6 Å². The molecule has 0 bridgehead atoms. The average molecular weight is 519 g/mol. The fourth-order valence-corrected chi connectivity index (χ4v) is 3.56. The molecule has 0 N–H and O–H groups in total. The van der Waals surface area contributed by atoms with Gasteiger partial charge in [-0.15, -0.1) is 0 Å². The van der Waals surface area contributed by atoms with E-state index < -0.39 is 22.6 Å². The van der Waals surface area contributed by atoms with Crippen molar-refractivity contribution in [1.29, 1.82) is 5.26 Å². The number of halogens is 2. The molecule has 32 heavy (non-hydrogen) atoms. The summed E-state index contributed by atoms with van der Waals surface area (Å²) in [6.07, 6.45) is 1.29. The highest BCUT2D eigenvalue weighted by Gasteiger charge is 2.24. The molecule has 0 amide bonds. The first-order chi connectivity index (χ1) is 15.0. The molecule has 0 spiro atoms. The number of nitriles is 1. The second kappa shape index (κ2) is 9.06. The predicted molar refractivity (Wildman–Crippen MR) is 125 cm³/mol. The van der Waals surface area contributed by atoms with Gasteiger partial charge in [0.05, 0.1) is 27.1 Å². The topological polar surface area (TPSA) is 123 Å². The summed E-state index contributed by atoms with van der Waals surface area (Å²) in [7, 11) is 0. The highest BCUT2D eigenvalue weighted by molar-refractivity contribution is 9.10. The number of nitro groups is 1. The van der Waals surface area contributed by atoms with Gasteiger partial charge in [-0.25, -0.2) is 4.98 Å². The molecule has 0 fully saturated rings. The second-order valence-corrected chi connectivity index (χ2v) is 9.09. The number of rotatable bonds is 5. The molecule has 11 heteroatoms. The zero-order valence-electron chi connectivity index (χ0n) is 17.3. The Hall–Kier alpha value is -3.29. The van der Waals surface area contributed by atoms with Gasteiger partial charge in [0.2, 0.25) is 5.75 Å². The number of benzene rings is 2. The van der Waals surface area contributed by atoms with Gasteiger partial charge in [-0.3, -0.25) is 14.9 Å². The lowest BCUT2D eigenvalue weighted by molar-refractivity contribution is -0.385. The summed E-state index contributed by atoms with van der Waals surface area (Å²) in [5.41, 5.74) is -0.513. The summed E-state index contributed by atoms with van der Waals surface area (Å²) in [6.45, 7) is 5.30. The number of hydrogen-bond donors (Lipinski definition) is 0. The maximum Gasteiger partial charge on any atom is 0.313 e. The minimum atomic E-state index is -0.669. The summed E-state index contributed by atoms with van der Waals surface area (Å²) in [4.78, 5) is 28.6. The summed E-state index contributed by atoms with van der Waals surface area (Å²) in [6, 6.07) is 9.54. The van der Waals surface area contributed by atoms with Crippen LogP contribution in [0.15, 0.2) is 44.7 Å². The van der Waals surface area contributed by atoms with Crippen molar-refractivity contribution < 1.29 is 9.66 Å². The molecule has 3 rings (SSSR count). The highest BCUT2D eigenvalue weighted by Crippen LogP contribution is 2.35. The molecule has 0 aliphatic heterocycles. The Morgan fingerprint density at radius 3 is 2.72 bits per heavy atom. The van der Waals surface area contributed by atoms with E-state index in [2.05, 4.69) is 26.0 Å². The zero-order valence-corrected chi connectivity index (χ0v) is 19.6. The molecule has 0 aliphatic carbocycles. The Kier molecular flexibility index (Phi) is 6.62. The minimum absolute atomic E-state index is 0.0557. The highest BCUT2D eigenvalue weighted by atomic mass is 79.9. The maximum absolute atomic E-state index is 13.2. The van der Waals surface area contributed by atoms with Gasteiger partial charge in [-0.05, 0) is 24.3 Å². The standard InChI is InChI=1S/C21H17BrClN5O4/c1-21(2,3)20-26-16-5-4-13(22)10-14(16)19(29)27(20)25-11-12-8-15(23)18(32-7-6-24)17(9-12)28(30)31/h4-5,8-11H,7H2,1-3H3. The van der Waals surface area contributed by atoms with Crippen LogP contribution in [0.2, 0.25) is 5.02 Å². The number of aromatic nitrogens is 2. The number of fused-ring (bicyclic) bond motifs is 1. The summed E-state index contributed by atoms with van der Waals surface area (Å²) >= 11 is 9.49. The molecule has 2 aromatic carbocycles. The summed E-state index contributed by atoms with van der Waals surface area (Å²) in [5, 5.41) is 24.7. The van der Waals surface area contributed by atoms with Crippen LogP contribution in [-0.2, 0) is 5.41 Å². The largest absolute Gasteiger partial charge is 0.470 e. The lowest BCUT2D eigenvalue weighted by atomic mass is 9.95. The second-order valence-electron chi connectivity index (χ2n) is 7.76. The average Bonchev–Trinajstić information content (AvgIpc) is 2.71. The van der Waals surface area contributed by atoms with Crippen LogP contribution in [0.1, 0.15) is 32.2 Å². The van der Waals surface area contributed by atoms with Gasteiger partial charge in [0.25, 0.3) is 5.56 Å². The third kappa shape index (κ3) is 4.79. The smallest absolute Gasteiger partial charge is 0.313 e. The normalized spacial score (nSPS) is 11.6. The third-order valence-corrected chi connectivity index (χ3v) is 5.10. The van der Waals surface area contributed by atoms with Crippen LogP contribution in [0.25, 0.3) is 10.9 Å². The molecular formula is C21H17BrClN5O4. The van der Waals surface area contributed by atoms with Crippen molar-refractivity contribution in [3.63, 3.8) is 0 Å². The van der Waals surface area contributed by atoms with Gasteiger partial charge in [0.1, 0.15) is 11.9 Å². The maximum atomic E-state index is 13.2. The molecule has 9 nitrogen and oxygen atoms in total. The predicted octanol–water partition coefficient (Wildman–Crippen LogP) is 4.80. The number of ether oxygens (including phenoxy) is 1. The molecular weight excluding hydrogens is 502 g/mol. The van der Waals surface area contributed by atoms with E-state index in [-0.39, 0.29) is 21.9 Å². The van der Waals surface area contributed by atoms with Gasteiger partial charge in [-0.1, -0.05) is 48.3 Å². The first kappa shape index (κ1) is 23.4. The molecule has 0 saturated carbocycles. The number of hydrogen-bond acceptors (Lipinski definition) is 7. The molecule has 0 saturated heterocycles. The van der Waals surface area contributed by atoms with Crippen LogP contribution in [0.4, 0.5) is 5.69 Å². The molecule has 1 aromatic heterocycles. The minimum Gasteiger partial charge on any atom is -0.470 e. The van der Waals surface area contributed by atoms with Gasteiger partial charge in [0, 0.05) is 21.5 Å². The van der Waals surface area contributed by atoms with Crippen molar-refractivity contribution in [3.05, 3.63) is 71.7 Å². The lowest BCUT2D eigenvalue weighted by Crippen LogP contribution is -2.29. The van der Waals surface area contributed by atoms with E-state index >= 15 is 0 Å². The first-order valence-corrected chi connectivity index (χ1v) is 10.4. The van der Waals surface area contributed by atoms with Crippen LogP contribution in [-0.4, -0.2) is 27.4 Å². The zero-order chi connectivity index (χ0) is 23.6. The Morgan fingerprint density at radius 2 is 2.09 bits per heavy atom. The monoisotopic (exact) mass is 517 g/mol. The summed E-state index contributed by atoms with van der Waals surface area (Å²) in [5.74, 6) is 0.211. The Bertz CT molecular complexity index is 1360. The van der Waals surface area contributed by atoms with E-state index in [1.54, 1.807) is 24.3 Å². The van der Waals surface area contributed by atoms with E-state index in [1.165, 1.54) is 23.0 Å². The molecule has 164 valence electrons. The van der Waals surface area contributed by atoms with Crippen molar-refractivity contribution >= 4 is 50.3 Å². The van der Waals surface area contributed by atoms with Gasteiger partial charge >= 0.3 is 5.69 Å². The van der Waals surface area contributed by atoms with Crippen molar-refractivity contribution in [2.45, 2.75) is 26.2 Å². The van der Waals surface area contributed by atoms with Crippen molar-refractivity contribution in [2.24, 2.45) is 5.10 Å². The molecule has 3 aromatic rings. The van der Waals surface area contributed by atoms with E-state index in [1.807, 2.05) is 20.8 Å². The SMILES string of the molecule is CC(C)(C)c1nc2ccc(Br)cc2c(=O)n1N=Cc1cc(Cl)c(OCC#N)c([N+](=O)[O-])c1. The van der Waals surface area contributed by atoms with E-state index in [0.717, 1.165) is 4.47 Å². The van der Waals surface area contributed by atoms with E-state index in [0.29, 0.717) is 16.7 Å². The van der Waals surface area contributed by atoms with Crippen molar-refractivity contribution in [1.82, 2.24) is 9.66 Å². The first-order valence-electron chi connectivity index (χ1n) is 9.27. The molecule has 0 aliphatic rings. The van der Waals surface area contributed by atoms with Crippen molar-refractivity contribution in [3.8, 4) is 11.8 Å². The van der Waals surface area contributed by atoms with E-state index in [9.17, 15) is 14.9 Å². The molecule has 0 unspecified atom stereocenters. The van der Waals surface area contributed by atoms with Crippen LogP contribution in [0, 0.1) is 21.4 Å². The summed E-state index contributed by atoms with van der Waals surface area (Å²) < 4.78 is 6.99. The number of nitrogens with zero attached hydrogens (tertiary/aromatic N) is 5. The lowest BCUT2D eigenvalue weighted by Gasteiger charge is -2.20. The number of nitro benzene ring substituents is 1. The Morgan fingerprint density at radius 1 is 1.38 bits per heavy atom. The van der Waals surface area contributed by atoms with Crippen LogP contribution in [0.3, 0.4) is 0 Å². The quantitative estimate of drug-likeness (QED) is 0.271. The van der Waals surface area contributed by atoms with Crippen LogP contribution in [0.5, 0.6) is 5.75 Å². The molecule has 0 atom stereocenters. The fraction of sp³-hybridized carbons (Fsp3) is 0.238. The van der Waals surface area contributed by atoms with Crippen molar-refractivity contribution in [2.75, 3.05) is 6.61 Å². The Balaban J connectivity index is 2.18. The Labute approximate surface area is 196 Å².